The first-order valence-corrected chi connectivity index (χ1v) is 4.42. The Morgan fingerprint density at radius 2 is 2.15 bits per heavy atom. The van der Waals surface area contributed by atoms with E-state index in [1.165, 1.54) is 0 Å². The number of nitrogen functional groups attached to an aromatic ring is 1. The standard InChI is InChI=1S/C10H13N3/c1-7(2)9-10(11)13-6-4-3-5-8(13)12-9/h3-7H,11H2,1-2H3. The van der Waals surface area contributed by atoms with Crippen LogP contribution < -0.4 is 5.73 Å². The fourth-order valence-corrected chi connectivity index (χ4v) is 1.46. The number of fused-ring (bicyclic) bond motifs is 1. The van der Waals surface area contributed by atoms with Crippen LogP contribution in [-0.2, 0) is 0 Å². The first-order valence-electron chi connectivity index (χ1n) is 4.42. The molecular formula is C10H13N3. The Bertz CT molecular complexity index is 429. The third kappa shape index (κ3) is 1.16. The maximum Gasteiger partial charge on any atom is 0.138 e. The molecule has 0 bridgehead atoms. The van der Waals surface area contributed by atoms with E-state index in [0.717, 1.165) is 17.2 Å². The lowest BCUT2D eigenvalue weighted by atomic mass is 10.1. The van der Waals surface area contributed by atoms with Crippen molar-refractivity contribution in [1.29, 1.82) is 0 Å². The van der Waals surface area contributed by atoms with Gasteiger partial charge in [0.1, 0.15) is 11.5 Å². The summed E-state index contributed by atoms with van der Waals surface area (Å²) in [5.41, 5.74) is 7.84. The Kier molecular flexibility index (Phi) is 1.72. The van der Waals surface area contributed by atoms with Crippen molar-refractivity contribution in [2.75, 3.05) is 5.73 Å². The van der Waals surface area contributed by atoms with Gasteiger partial charge in [0.25, 0.3) is 0 Å². The Morgan fingerprint density at radius 1 is 1.38 bits per heavy atom. The molecule has 0 saturated heterocycles. The number of rotatable bonds is 1. The van der Waals surface area contributed by atoms with Crippen LogP contribution in [-0.4, -0.2) is 9.38 Å². The second-order valence-corrected chi connectivity index (χ2v) is 3.47. The lowest BCUT2D eigenvalue weighted by Crippen LogP contribution is -1.97. The zero-order valence-electron chi connectivity index (χ0n) is 7.86. The van der Waals surface area contributed by atoms with Crippen molar-refractivity contribution in [2.45, 2.75) is 19.8 Å². The normalized spacial score (nSPS) is 11.3. The molecule has 0 aliphatic carbocycles. The van der Waals surface area contributed by atoms with Gasteiger partial charge < -0.3 is 5.73 Å². The van der Waals surface area contributed by atoms with E-state index in [1.54, 1.807) is 0 Å². The Balaban J connectivity index is 2.74. The summed E-state index contributed by atoms with van der Waals surface area (Å²) in [4.78, 5) is 4.45. The van der Waals surface area contributed by atoms with Crippen molar-refractivity contribution in [2.24, 2.45) is 0 Å². The lowest BCUT2D eigenvalue weighted by molar-refractivity contribution is 0.838. The predicted octanol–water partition coefficient (Wildman–Crippen LogP) is 2.04. The van der Waals surface area contributed by atoms with Crippen molar-refractivity contribution < 1.29 is 0 Å². The van der Waals surface area contributed by atoms with Crippen LogP contribution in [0, 0.1) is 0 Å². The monoisotopic (exact) mass is 175 g/mol. The van der Waals surface area contributed by atoms with Gasteiger partial charge in [-0.05, 0) is 18.1 Å². The van der Waals surface area contributed by atoms with Crippen molar-refractivity contribution >= 4 is 11.5 Å². The number of aromatic nitrogens is 2. The number of imidazole rings is 1. The average molecular weight is 175 g/mol. The molecule has 3 heteroatoms. The van der Waals surface area contributed by atoms with Gasteiger partial charge in [-0.15, -0.1) is 0 Å². The third-order valence-electron chi connectivity index (χ3n) is 2.14. The number of pyridine rings is 1. The van der Waals surface area contributed by atoms with E-state index < -0.39 is 0 Å². The number of hydrogen-bond acceptors (Lipinski definition) is 2. The molecule has 0 aliphatic rings. The molecule has 2 aromatic rings. The second kappa shape index (κ2) is 2.76. The lowest BCUT2D eigenvalue weighted by Gasteiger charge is -2.00. The van der Waals surface area contributed by atoms with E-state index in [0.29, 0.717) is 5.92 Å². The summed E-state index contributed by atoms with van der Waals surface area (Å²) in [5.74, 6) is 1.13. The second-order valence-electron chi connectivity index (χ2n) is 3.47. The Hall–Kier alpha value is -1.51. The highest BCUT2D eigenvalue weighted by Gasteiger charge is 2.10. The summed E-state index contributed by atoms with van der Waals surface area (Å²) < 4.78 is 1.91. The summed E-state index contributed by atoms with van der Waals surface area (Å²) in [6.45, 7) is 4.19. The summed E-state index contributed by atoms with van der Waals surface area (Å²) in [6.07, 6.45) is 1.93. The Labute approximate surface area is 77.2 Å². The molecule has 13 heavy (non-hydrogen) atoms. The zero-order chi connectivity index (χ0) is 9.42. The van der Waals surface area contributed by atoms with E-state index in [4.69, 9.17) is 5.73 Å². The highest BCUT2D eigenvalue weighted by atomic mass is 15.1. The van der Waals surface area contributed by atoms with Crippen LogP contribution in [0.1, 0.15) is 25.5 Å². The minimum Gasteiger partial charge on any atom is -0.383 e. The smallest absolute Gasteiger partial charge is 0.138 e. The van der Waals surface area contributed by atoms with Crippen molar-refractivity contribution in [1.82, 2.24) is 9.38 Å². The van der Waals surface area contributed by atoms with Crippen LogP contribution in [0.4, 0.5) is 5.82 Å². The predicted molar refractivity (Wildman–Crippen MR) is 53.7 cm³/mol. The molecule has 2 rings (SSSR count). The van der Waals surface area contributed by atoms with Gasteiger partial charge in [0.05, 0.1) is 5.69 Å². The molecule has 0 aromatic carbocycles. The van der Waals surface area contributed by atoms with Gasteiger partial charge in [-0.2, -0.15) is 0 Å². The van der Waals surface area contributed by atoms with Crippen molar-refractivity contribution in [3.63, 3.8) is 0 Å². The number of nitrogens with zero attached hydrogens (tertiary/aromatic N) is 2. The fraction of sp³-hybridized carbons (Fsp3) is 0.300. The van der Waals surface area contributed by atoms with Gasteiger partial charge in [-0.1, -0.05) is 19.9 Å². The third-order valence-corrected chi connectivity index (χ3v) is 2.14. The van der Waals surface area contributed by atoms with Crippen LogP contribution in [0.3, 0.4) is 0 Å². The summed E-state index contributed by atoms with van der Waals surface area (Å²) >= 11 is 0. The van der Waals surface area contributed by atoms with Crippen LogP contribution in [0.2, 0.25) is 0 Å². The molecule has 2 N–H and O–H groups in total. The quantitative estimate of drug-likeness (QED) is 0.720. The summed E-state index contributed by atoms with van der Waals surface area (Å²) in [5, 5.41) is 0. The van der Waals surface area contributed by atoms with Crippen molar-refractivity contribution in [3.8, 4) is 0 Å². The molecule has 0 amide bonds. The SMILES string of the molecule is CC(C)c1nc2ccccn2c1N. The van der Waals surface area contributed by atoms with E-state index >= 15 is 0 Å². The molecule has 0 radical (unpaired) electrons. The molecule has 2 heterocycles. The van der Waals surface area contributed by atoms with Gasteiger partial charge in [-0.3, -0.25) is 4.40 Å². The van der Waals surface area contributed by atoms with Gasteiger partial charge in [0.15, 0.2) is 0 Å². The molecule has 0 spiro atoms. The molecule has 0 saturated carbocycles. The molecule has 0 aliphatic heterocycles. The summed E-state index contributed by atoms with van der Waals surface area (Å²) in [7, 11) is 0. The highest BCUT2D eigenvalue weighted by Crippen LogP contribution is 2.21. The largest absolute Gasteiger partial charge is 0.383 e. The zero-order valence-corrected chi connectivity index (χ0v) is 7.86. The molecule has 0 atom stereocenters. The topological polar surface area (TPSA) is 43.3 Å². The van der Waals surface area contributed by atoms with Crippen LogP contribution >= 0.6 is 0 Å². The highest BCUT2D eigenvalue weighted by molar-refractivity contribution is 5.53. The van der Waals surface area contributed by atoms with Gasteiger partial charge >= 0.3 is 0 Å². The van der Waals surface area contributed by atoms with Crippen LogP contribution in [0.25, 0.3) is 5.65 Å². The molecule has 2 aromatic heterocycles. The molecular weight excluding hydrogens is 162 g/mol. The maximum absolute atomic E-state index is 5.94. The minimum atomic E-state index is 0.375. The van der Waals surface area contributed by atoms with Crippen LogP contribution in [0.15, 0.2) is 24.4 Å². The van der Waals surface area contributed by atoms with Crippen LogP contribution in [0.5, 0.6) is 0 Å². The average Bonchev–Trinajstić information content (AvgIpc) is 2.45. The van der Waals surface area contributed by atoms with Gasteiger partial charge in [0, 0.05) is 6.20 Å². The first-order chi connectivity index (χ1) is 6.20. The van der Waals surface area contributed by atoms with Crippen molar-refractivity contribution in [3.05, 3.63) is 30.1 Å². The van der Waals surface area contributed by atoms with E-state index in [9.17, 15) is 0 Å². The van der Waals surface area contributed by atoms with E-state index in [1.807, 2.05) is 28.8 Å². The molecule has 3 nitrogen and oxygen atoms in total. The van der Waals surface area contributed by atoms with E-state index in [-0.39, 0.29) is 0 Å². The maximum atomic E-state index is 5.94. The van der Waals surface area contributed by atoms with Gasteiger partial charge in [-0.25, -0.2) is 4.98 Å². The first kappa shape index (κ1) is 8.10. The number of nitrogens with two attached hydrogens (primary N) is 1. The number of anilines is 1. The van der Waals surface area contributed by atoms with E-state index in [2.05, 4.69) is 18.8 Å². The minimum absolute atomic E-state index is 0.375. The molecule has 0 fully saturated rings. The summed E-state index contributed by atoms with van der Waals surface area (Å²) in [6, 6.07) is 5.88. The fourth-order valence-electron chi connectivity index (χ4n) is 1.46. The van der Waals surface area contributed by atoms with Gasteiger partial charge in [0.2, 0.25) is 0 Å². The molecule has 0 unspecified atom stereocenters. The number of hydrogen-bond donors (Lipinski definition) is 1. The molecule has 68 valence electrons. The Morgan fingerprint density at radius 3 is 2.77 bits per heavy atom.